The van der Waals surface area contributed by atoms with E-state index in [-0.39, 0.29) is 5.91 Å². The molecule has 0 aliphatic heterocycles. The van der Waals surface area contributed by atoms with Crippen LogP contribution in [0.15, 0.2) is 34.7 Å². The van der Waals surface area contributed by atoms with Crippen molar-refractivity contribution in [3.8, 4) is 0 Å². The molecule has 1 aromatic carbocycles. The molecular formula is C20H25NO4S. The molecule has 0 unspecified atom stereocenters. The fraction of sp³-hybridized carbons (Fsp3) is 0.400. The molecule has 6 heteroatoms. The molecular weight excluding hydrogens is 350 g/mol. The van der Waals surface area contributed by atoms with Crippen LogP contribution in [-0.4, -0.2) is 24.7 Å². The van der Waals surface area contributed by atoms with Crippen molar-refractivity contribution in [1.82, 2.24) is 0 Å². The van der Waals surface area contributed by atoms with Crippen molar-refractivity contribution >= 4 is 29.3 Å². The fourth-order valence-electron chi connectivity index (χ4n) is 2.50. The standard InChI is InChI=1S/C20H25NO4S/c1-5-13(2)15-6-8-16(9-7-15)21-19(22)12-26-11-17-10-18(14(3)25-17)20(23)24-4/h6-10,13H,5,11-12H2,1-4H3,(H,21,22)/t13-/m1/s1. The number of hydrogen-bond acceptors (Lipinski definition) is 5. The van der Waals surface area contributed by atoms with E-state index in [1.807, 2.05) is 12.1 Å². The van der Waals surface area contributed by atoms with Crippen LogP contribution in [-0.2, 0) is 15.3 Å². The molecule has 0 radical (unpaired) electrons. The van der Waals surface area contributed by atoms with Crippen LogP contribution in [0.5, 0.6) is 0 Å². The normalized spacial score (nSPS) is 11.8. The summed E-state index contributed by atoms with van der Waals surface area (Å²) in [4.78, 5) is 23.6. The SMILES string of the molecule is CC[C@@H](C)c1ccc(NC(=O)CSCc2cc(C(=O)OC)c(C)o2)cc1. The number of carbonyl (C=O) groups excluding carboxylic acids is 2. The first-order chi connectivity index (χ1) is 12.4. The first kappa shape index (κ1) is 20.1. The predicted molar refractivity (Wildman–Crippen MR) is 105 cm³/mol. The molecule has 1 amide bonds. The van der Waals surface area contributed by atoms with Crippen molar-refractivity contribution in [3.63, 3.8) is 0 Å². The minimum atomic E-state index is -0.416. The molecule has 1 atom stereocenters. The van der Waals surface area contributed by atoms with E-state index in [1.165, 1.54) is 24.4 Å². The lowest BCUT2D eigenvalue weighted by Gasteiger charge is -2.10. The lowest BCUT2D eigenvalue weighted by atomic mass is 9.99. The number of ether oxygens (including phenoxy) is 1. The van der Waals surface area contributed by atoms with E-state index in [4.69, 9.17) is 9.15 Å². The van der Waals surface area contributed by atoms with Gasteiger partial charge >= 0.3 is 5.97 Å². The second kappa shape index (κ2) is 9.48. The highest BCUT2D eigenvalue weighted by molar-refractivity contribution is 7.99. The molecule has 0 spiro atoms. The van der Waals surface area contributed by atoms with E-state index < -0.39 is 5.97 Å². The van der Waals surface area contributed by atoms with Gasteiger partial charge in [-0.05, 0) is 43.0 Å². The molecule has 0 aliphatic rings. The third kappa shape index (κ3) is 5.39. The molecule has 2 aromatic rings. The molecule has 1 aromatic heterocycles. The summed E-state index contributed by atoms with van der Waals surface area (Å²) in [5.41, 5.74) is 2.49. The van der Waals surface area contributed by atoms with Crippen molar-refractivity contribution < 1.29 is 18.7 Å². The Labute approximate surface area is 158 Å². The summed E-state index contributed by atoms with van der Waals surface area (Å²) in [5.74, 6) is 2.03. The van der Waals surface area contributed by atoms with Gasteiger partial charge in [-0.25, -0.2) is 4.79 Å². The number of aryl methyl sites for hydroxylation is 1. The van der Waals surface area contributed by atoms with E-state index in [9.17, 15) is 9.59 Å². The summed E-state index contributed by atoms with van der Waals surface area (Å²) in [6, 6.07) is 9.64. The van der Waals surface area contributed by atoms with Crippen LogP contribution in [0.1, 0.15) is 53.6 Å². The summed E-state index contributed by atoms with van der Waals surface area (Å²) >= 11 is 1.43. The molecule has 0 bridgehead atoms. The number of benzene rings is 1. The van der Waals surface area contributed by atoms with Crippen LogP contribution < -0.4 is 5.32 Å². The molecule has 26 heavy (non-hydrogen) atoms. The summed E-state index contributed by atoms with van der Waals surface area (Å²) in [6.07, 6.45) is 1.09. The number of esters is 1. The smallest absolute Gasteiger partial charge is 0.341 e. The zero-order chi connectivity index (χ0) is 19.1. The first-order valence-electron chi connectivity index (χ1n) is 8.59. The molecule has 0 saturated heterocycles. The summed E-state index contributed by atoms with van der Waals surface area (Å²) < 4.78 is 10.2. The number of carbonyl (C=O) groups is 2. The number of furan rings is 1. The Morgan fingerprint density at radius 2 is 1.96 bits per heavy atom. The maximum Gasteiger partial charge on any atom is 0.341 e. The van der Waals surface area contributed by atoms with Gasteiger partial charge in [0.1, 0.15) is 17.1 Å². The van der Waals surface area contributed by atoms with E-state index in [1.54, 1.807) is 13.0 Å². The van der Waals surface area contributed by atoms with Crippen LogP contribution >= 0.6 is 11.8 Å². The van der Waals surface area contributed by atoms with E-state index in [0.717, 1.165) is 12.1 Å². The number of rotatable bonds is 8. The van der Waals surface area contributed by atoms with Crippen LogP contribution in [0.2, 0.25) is 0 Å². The highest BCUT2D eigenvalue weighted by Crippen LogP contribution is 2.22. The molecule has 1 N–H and O–H groups in total. The largest absolute Gasteiger partial charge is 0.465 e. The van der Waals surface area contributed by atoms with Gasteiger partial charge in [-0.2, -0.15) is 0 Å². The Morgan fingerprint density at radius 3 is 2.58 bits per heavy atom. The minimum absolute atomic E-state index is 0.0669. The van der Waals surface area contributed by atoms with Crippen molar-refractivity contribution in [2.45, 2.75) is 38.9 Å². The van der Waals surface area contributed by atoms with Gasteiger partial charge in [-0.15, -0.1) is 11.8 Å². The van der Waals surface area contributed by atoms with Crippen LogP contribution in [0.4, 0.5) is 5.69 Å². The Bertz CT molecular complexity index is 752. The minimum Gasteiger partial charge on any atom is -0.465 e. The maximum atomic E-state index is 12.1. The van der Waals surface area contributed by atoms with Crippen molar-refractivity contribution in [3.05, 3.63) is 53.0 Å². The van der Waals surface area contributed by atoms with Gasteiger partial charge in [0.25, 0.3) is 0 Å². The summed E-state index contributed by atoms with van der Waals surface area (Å²) in [5, 5.41) is 2.89. The zero-order valence-electron chi connectivity index (χ0n) is 15.6. The monoisotopic (exact) mass is 375 g/mol. The van der Waals surface area contributed by atoms with Crippen molar-refractivity contribution in [2.75, 3.05) is 18.2 Å². The first-order valence-corrected chi connectivity index (χ1v) is 9.75. The van der Waals surface area contributed by atoms with Crippen LogP contribution in [0.25, 0.3) is 0 Å². The number of thioether (sulfide) groups is 1. The van der Waals surface area contributed by atoms with E-state index in [0.29, 0.717) is 34.5 Å². The third-order valence-electron chi connectivity index (χ3n) is 4.23. The summed E-state index contributed by atoms with van der Waals surface area (Å²) in [7, 11) is 1.34. The highest BCUT2D eigenvalue weighted by atomic mass is 32.2. The van der Waals surface area contributed by atoms with E-state index >= 15 is 0 Å². The van der Waals surface area contributed by atoms with Gasteiger partial charge in [-0.1, -0.05) is 26.0 Å². The molecule has 0 fully saturated rings. The maximum absolute atomic E-state index is 12.1. The second-order valence-corrected chi connectivity index (χ2v) is 7.13. The van der Waals surface area contributed by atoms with Gasteiger partial charge in [0.15, 0.2) is 0 Å². The number of anilines is 1. The van der Waals surface area contributed by atoms with Crippen molar-refractivity contribution in [2.24, 2.45) is 0 Å². The molecule has 5 nitrogen and oxygen atoms in total. The lowest BCUT2D eigenvalue weighted by Crippen LogP contribution is -2.14. The van der Waals surface area contributed by atoms with Gasteiger partial charge in [0.05, 0.1) is 18.6 Å². The zero-order valence-corrected chi connectivity index (χ0v) is 16.4. The Kier molecular flexibility index (Phi) is 7.33. The fourth-order valence-corrected chi connectivity index (χ4v) is 3.20. The van der Waals surface area contributed by atoms with Gasteiger partial charge in [-0.3, -0.25) is 4.79 Å². The number of hydrogen-bond donors (Lipinski definition) is 1. The Balaban J connectivity index is 1.81. The van der Waals surface area contributed by atoms with Gasteiger partial charge < -0.3 is 14.5 Å². The van der Waals surface area contributed by atoms with E-state index in [2.05, 4.69) is 31.3 Å². The topological polar surface area (TPSA) is 68.5 Å². The molecule has 140 valence electrons. The number of methoxy groups -OCH3 is 1. The second-order valence-electron chi connectivity index (χ2n) is 6.15. The van der Waals surface area contributed by atoms with Crippen molar-refractivity contribution in [1.29, 1.82) is 0 Å². The van der Waals surface area contributed by atoms with Crippen LogP contribution in [0.3, 0.4) is 0 Å². The quantitative estimate of drug-likeness (QED) is 0.674. The molecule has 0 saturated carbocycles. The number of nitrogens with one attached hydrogen (secondary N) is 1. The lowest BCUT2D eigenvalue weighted by molar-refractivity contribution is -0.113. The van der Waals surface area contributed by atoms with Crippen LogP contribution in [0, 0.1) is 6.92 Å². The Hall–Kier alpha value is -2.21. The molecule has 1 heterocycles. The predicted octanol–water partition coefficient (Wildman–Crippen LogP) is 4.76. The average molecular weight is 375 g/mol. The van der Waals surface area contributed by atoms with Gasteiger partial charge in [0, 0.05) is 5.69 Å². The number of amides is 1. The molecule has 0 aliphatic carbocycles. The molecule has 2 rings (SSSR count). The average Bonchev–Trinajstić information content (AvgIpc) is 3.01. The highest BCUT2D eigenvalue weighted by Gasteiger charge is 2.15. The summed E-state index contributed by atoms with van der Waals surface area (Å²) in [6.45, 7) is 6.06. The third-order valence-corrected chi connectivity index (χ3v) is 5.18. The Morgan fingerprint density at radius 1 is 1.27 bits per heavy atom. The van der Waals surface area contributed by atoms with Gasteiger partial charge in [0.2, 0.25) is 5.91 Å².